The van der Waals surface area contributed by atoms with Crippen molar-refractivity contribution in [2.24, 2.45) is 0 Å². The van der Waals surface area contributed by atoms with E-state index >= 15 is 0 Å². The maximum Gasteiger partial charge on any atom is 0.133 e. The Hall–Kier alpha value is -1.12. The SMILES string of the molecule is Nc1ccnc(C2CCCCC2)n1. The van der Waals surface area contributed by atoms with Crippen molar-refractivity contribution in [3.63, 3.8) is 0 Å². The summed E-state index contributed by atoms with van der Waals surface area (Å²) in [6, 6.07) is 1.74. The minimum Gasteiger partial charge on any atom is -0.384 e. The summed E-state index contributed by atoms with van der Waals surface area (Å²) in [5.74, 6) is 2.09. The predicted octanol–water partition coefficient (Wildman–Crippen LogP) is 2.11. The van der Waals surface area contributed by atoms with Gasteiger partial charge in [0, 0.05) is 12.1 Å². The first-order valence-corrected chi connectivity index (χ1v) is 4.94. The van der Waals surface area contributed by atoms with Gasteiger partial charge < -0.3 is 5.73 Å². The van der Waals surface area contributed by atoms with E-state index in [4.69, 9.17) is 5.73 Å². The number of anilines is 1. The lowest BCUT2D eigenvalue weighted by Crippen LogP contribution is -2.09. The van der Waals surface area contributed by atoms with E-state index in [1.165, 1.54) is 32.1 Å². The van der Waals surface area contributed by atoms with Crippen LogP contribution in [0.15, 0.2) is 12.3 Å². The zero-order valence-electron chi connectivity index (χ0n) is 7.74. The molecule has 0 amide bonds. The van der Waals surface area contributed by atoms with Gasteiger partial charge in [-0.15, -0.1) is 0 Å². The Balaban J connectivity index is 2.14. The molecule has 0 aliphatic heterocycles. The Morgan fingerprint density at radius 2 is 2.00 bits per heavy atom. The predicted molar refractivity (Wildman–Crippen MR) is 52.3 cm³/mol. The molecule has 0 saturated heterocycles. The van der Waals surface area contributed by atoms with Crippen molar-refractivity contribution in [1.29, 1.82) is 0 Å². The molecule has 1 saturated carbocycles. The van der Waals surface area contributed by atoms with Crippen molar-refractivity contribution in [2.75, 3.05) is 5.73 Å². The normalized spacial score (nSPS) is 18.8. The van der Waals surface area contributed by atoms with Crippen LogP contribution in [0.4, 0.5) is 5.82 Å². The lowest BCUT2D eigenvalue weighted by molar-refractivity contribution is 0.429. The average Bonchev–Trinajstić information content (AvgIpc) is 2.19. The minimum absolute atomic E-state index is 0.553. The van der Waals surface area contributed by atoms with Crippen LogP contribution in [-0.4, -0.2) is 9.97 Å². The lowest BCUT2D eigenvalue weighted by atomic mass is 9.89. The molecule has 3 nitrogen and oxygen atoms in total. The van der Waals surface area contributed by atoms with Gasteiger partial charge in [-0.3, -0.25) is 0 Å². The summed E-state index contributed by atoms with van der Waals surface area (Å²) in [6.45, 7) is 0. The van der Waals surface area contributed by atoms with Crippen LogP contribution in [0, 0.1) is 0 Å². The first kappa shape index (κ1) is 8.48. The smallest absolute Gasteiger partial charge is 0.133 e. The number of nitrogen functional groups attached to an aromatic ring is 1. The molecule has 1 aromatic rings. The third-order valence-corrected chi connectivity index (χ3v) is 2.67. The lowest BCUT2D eigenvalue weighted by Gasteiger charge is -2.19. The van der Waals surface area contributed by atoms with Crippen LogP contribution < -0.4 is 5.73 Å². The Morgan fingerprint density at radius 1 is 1.23 bits per heavy atom. The monoisotopic (exact) mass is 177 g/mol. The molecule has 1 aliphatic rings. The van der Waals surface area contributed by atoms with Gasteiger partial charge >= 0.3 is 0 Å². The highest BCUT2D eigenvalue weighted by Crippen LogP contribution is 2.30. The van der Waals surface area contributed by atoms with E-state index < -0.39 is 0 Å². The molecule has 0 atom stereocenters. The van der Waals surface area contributed by atoms with Crippen molar-refractivity contribution in [1.82, 2.24) is 9.97 Å². The van der Waals surface area contributed by atoms with Gasteiger partial charge in [0.25, 0.3) is 0 Å². The van der Waals surface area contributed by atoms with Crippen LogP contribution in [0.2, 0.25) is 0 Å². The van der Waals surface area contributed by atoms with E-state index in [2.05, 4.69) is 9.97 Å². The van der Waals surface area contributed by atoms with Gasteiger partial charge in [-0.25, -0.2) is 9.97 Å². The molecule has 1 fully saturated rings. The van der Waals surface area contributed by atoms with Gasteiger partial charge in [0.2, 0.25) is 0 Å². The van der Waals surface area contributed by atoms with E-state index in [-0.39, 0.29) is 0 Å². The number of aromatic nitrogens is 2. The second kappa shape index (κ2) is 3.73. The molecule has 0 spiro atoms. The first-order valence-electron chi connectivity index (χ1n) is 4.94. The van der Waals surface area contributed by atoms with Gasteiger partial charge in [-0.2, -0.15) is 0 Å². The molecule has 0 aromatic carbocycles. The van der Waals surface area contributed by atoms with Crippen molar-refractivity contribution in [3.05, 3.63) is 18.1 Å². The number of hydrogen-bond donors (Lipinski definition) is 1. The van der Waals surface area contributed by atoms with Gasteiger partial charge in [0.15, 0.2) is 0 Å². The zero-order valence-corrected chi connectivity index (χ0v) is 7.74. The molecule has 70 valence electrons. The molecule has 2 N–H and O–H groups in total. The van der Waals surface area contributed by atoms with Gasteiger partial charge in [-0.1, -0.05) is 19.3 Å². The fourth-order valence-electron chi connectivity index (χ4n) is 1.95. The molecular weight excluding hydrogens is 162 g/mol. The summed E-state index contributed by atoms with van der Waals surface area (Å²) in [5, 5.41) is 0. The molecule has 2 rings (SSSR count). The molecule has 1 aromatic heterocycles. The van der Waals surface area contributed by atoms with Crippen molar-refractivity contribution >= 4 is 5.82 Å². The summed E-state index contributed by atoms with van der Waals surface area (Å²) >= 11 is 0. The third-order valence-electron chi connectivity index (χ3n) is 2.67. The fourth-order valence-corrected chi connectivity index (χ4v) is 1.95. The highest BCUT2D eigenvalue weighted by atomic mass is 14.9. The number of nitrogens with two attached hydrogens (primary N) is 1. The number of hydrogen-bond acceptors (Lipinski definition) is 3. The topological polar surface area (TPSA) is 51.8 Å². The van der Waals surface area contributed by atoms with Crippen LogP contribution in [0.5, 0.6) is 0 Å². The summed E-state index contributed by atoms with van der Waals surface area (Å²) < 4.78 is 0. The minimum atomic E-state index is 0.553. The number of nitrogens with zero attached hydrogens (tertiary/aromatic N) is 2. The second-order valence-corrected chi connectivity index (χ2v) is 3.67. The highest BCUT2D eigenvalue weighted by molar-refractivity contribution is 5.25. The molecule has 0 unspecified atom stereocenters. The second-order valence-electron chi connectivity index (χ2n) is 3.67. The van der Waals surface area contributed by atoms with Crippen molar-refractivity contribution < 1.29 is 0 Å². The Morgan fingerprint density at radius 3 is 2.69 bits per heavy atom. The highest BCUT2D eigenvalue weighted by Gasteiger charge is 2.17. The van der Waals surface area contributed by atoms with E-state index in [1.54, 1.807) is 12.3 Å². The first-order chi connectivity index (χ1) is 6.36. The maximum atomic E-state index is 5.61. The molecule has 3 heteroatoms. The summed E-state index contributed by atoms with van der Waals surface area (Å²) in [7, 11) is 0. The van der Waals surface area contributed by atoms with Crippen LogP contribution >= 0.6 is 0 Å². The van der Waals surface area contributed by atoms with E-state index in [1.807, 2.05) is 0 Å². The Bertz CT molecular complexity index is 279. The quantitative estimate of drug-likeness (QED) is 0.714. The van der Waals surface area contributed by atoms with Crippen molar-refractivity contribution in [2.45, 2.75) is 38.0 Å². The zero-order chi connectivity index (χ0) is 9.10. The van der Waals surface area contributed by atoms with Crippen LogP contribution in [0.25, 0.3) is 0 Å². The van der Waals surface area contributed by atoms with Gasteiger partial charge in [0.05, 0.1) is 0 Å². The molecule has 1 heterocycles. The third kappa shape index (κ3) is 1.97. The standard InChI is InChI=1S/C10H15N3/c11-9-6-7-12-10(13-9)8-4-2-1-3-5-8/h6-8H,1-5H2,(H2,11,12,13). The molecule has 0 radical (unpaired) electrons. The summed E-state index contributed by atoms with van der Waals surface area (Å²) in [6.07, 6.45) is 8.18. The molecule has 0 bridgehead atoms. The van der Waals surface area contributed by atoms with E-state index in [0.29, 0.717) is 11.7 Å². The number of rotatable bonds is 1. The van der Waals surface area contributed by atoms with Crippen LogP contribution in [0.1, 0.15) is 43.8 Å². The van der Waals surface area contributed by atoms with Gasteiger partial charge in [0.1, 0.15) is 11.6 Å². The summed E-state index contributed by atoms with van der Waals surface area (Å²) in [4.78, 5) is 8.54. The Kier molecular flexibility index (Phi) is 2.43. The molecule has 1 aliphatic carbocycles. The van der Waals surface area contributed by atoms with Gasteiger partial charge in [-0.05, 0) is 18.9 Å². The van der Waals surface area contributed by atoms with E-state index in [9.17, 15) is 0 Å². The van der Waals surface area contributed by atoms with Crippen LogP contribution in [-0.2, 0) is 0 Å². The van der Waals surface area contributed by atoms with E-state index in [0.717, 1.165) is 5.82 Å². The average molecular weight is 177 g/mol. The maximum absolute atomic E-state index is 5.61. The Labute approximate surface area is 78.4 Å². The largest absolute Gasteiger partial charge is 0.384 e. The molecule has 13 heavy (non-hydrogen) atoms. The summed E-state index contributed by atoms with van der Waals surface area (Å²) in [5.41, 5.74) is 5.61. The van der Waals surface area contributed by atoms with Crippen LogP contribution in [0.3, 0.4) is 0 Å². The fraction of sp³-hybridized carbons (Fsp3) is 0.600. The van der Waals surface area contributed by atoms with Crippen molar-refractivity contribution in [3.8, 4) is 0 Å². The molecular formula is C10H15N3.